The predicted molar refractivity (Wildman–Crippen MR) is 139 cm³/mol. The first-order chi connectivity index (χ1) is 15.9. The Morgan fingerprint density at radius 1 is 1.09 bits per heavy atom. The van der Waals surface area contributed by atoms with E-state index in [1.165, 1.54) is 4.88 Å². The summed E-state index contributed by atoms with van der Waals surface area (Å²) in [5.41, 5.74) is 2.29. The molecule has 2 aromatic heterocycles. The van der Waals surface area contributed by atoms with Crippen LogP contribution < -0.4 is 25.4 Å². The molecule has 0 atom stereocenters. The molecule has 0 saturated carbocycles. The highest BCUT2D eigenvalue weighted by atomic mass is 35.5. The molecule has 33 heavy (non-hydrogen) atoms. The van der Waals surface area contributed by atoms with Gasteiger partial charge in [-0.05, 0) is 43.6 Å². The zero-order chi connectivity index (χ0) is 23.8. The minimum Gasteiger partial charge on any atom is -0.495 e. The van der Waals surface area contributed by atoms with Gasteiger partial charge in [-0.2, -0.15) is 0 Å². The van der Waals surface area contributed by atoms with Crippen LogP contribution in [0, 0.1) is 13.8 Å². The number of aryl methyl sites for hydroxylation is 2. The van der Waals surface area contributed by atoms with Gasteiger partial charge in [0.05, 0.1) is 24.9 Å². The van der Waals surface area contributed by atoms with Gasteiger partial charge in [-0.15, -0.1) is 11.3 Å². The van der Waals surface area contributed by atoms with Crippen molar-refractivity contribution in [1.29, 1.82) is 0 Å². The van der Waals surface area contributed by atoms with Crippen molar-refractivity contribution in [3.63, 3.8) is 0 Å². The van der Waals surface area contributed by atoms with Gasteiger partial charge in [-0.1, -0.05) is 17.7 Å². The van der Waals surface area contributed by atoms with Gasteiger partial charge in [0, 0.05) is 41.4 Å². The van der Waals surface area contributed by atoms with E-state index in [0.717, 1.165) is 17.8 Å². The average Bonchev–Trinajstić information content (AvgIpc) is 3.27. The first-order valence-corrected chi connectivity index (χ1v) is 11.7. The maximum Gasteiger partial charge on any atom is 0.229 e. The zero-order valence-electron chi connectivity index (χ0n) is 18.7. The van der Waals surface area contributed by atoms with Crippen molar-refractivity contribution in [1.82, 2.24) is 15.3 Å². The Kier molecular flexibility index (Phi) is 8.81. The third kappa shape index (κ3) is 7.28. The second kappa shape index (κ2) is 11.8. The van der Waals surface area contributed by atoms with Crippen LogP contribution in [0.15, 0.2) is 40.7 Å². The second-order valence-corrected chi connectivity index (χ2v) is 8.77. The van der Waals surface area contributed by atoms with Crippen LogP contribution in [-0.4, -0.2) is 41.8 Å². The number of hydrogen-bond donors (Lipinski definition) is 3. The lowest BCUT2D eigenvalue weighted by atomic mass is 10.2. The molecule has 0 fully saturated rings. The van der Waals surface area contributed by atoms with E-state index in [4.69, 9.17) is 33.3 Å². The van der Waals surface area contributed by atoms with Gasteiger partial charge in [0.1, 0.15) is 11.5 Å². The standard InChI is InChI=1S/C22H25ClN6O2S2/c1-13-10-14(2)26-21(25-13)28-20(24-8-7-15-6-5-9-33-15)29-22(32)27-17-12-18(30-3)16(23)11-19(17)31-4/h5-6,9-12H,7-8H2,1-4H3,(H3,24,25,26,27,28,29,32). The van der Waals surface area contributed by atoms with Crippen LogP contribution in [0.2, 0.25) is 5.02 Å². The Morgan fingerprint density at radius 3 is 2.45 bits per heavy atom. The van der Waals surface area contributed by atoms with E-state index in [2.05, 4.69) is 37.0 Å². The Hall–Kier alpha value is -2.95. The lowest BCUT2D eigenvalue weighted by molar-refractivity contribution is 0.405. The van der Waals surface area contributed by atoms with E-state index in [1.807, 2.05) is 31.4 Å². The largest absolute Gasteiger partial charge is 0.495 e. The third-order valence-corrected chi connectivity index (χ3v) is 5.81. The Balaban J connectivity index is 1.77. The van der Waals surface area contributed by atoms with E-state index in [9.17, 15) is 0 Å². The number of hydrogen-bond acceptors (Lipinski definition) is 7. The molecule has 0 aliphatic rings. The molecule has 0 unspecified atom stereocenters. The van der Waals surface area contributed by atoms with Crippen molar-refractivity contribution in [3.8, 4) is 11.5 Å². The molecular weight excluding hydrogens is 480 g/mol. The fraction of sp³-hybridized carbons (Fsp3) is 0.273. The summed E-state index contributed by atoms with van der Waals surface area (Å²) < 4.78 is 10.7. The van der Waals surface area contributed by atoms with Gasteiger partial charge in [-0.3, -0.25) is 10.3 Å². The van der Waals surface area contributed by atoms with Crippen molar-refractivity contribution in [2.24, 2.45) is 4.99 Å². The summed E-state index contributed by atoms with van der Waals surface area (Å²) in [6.07, 6.45) is 0.806. The Morgan fingerprint density at radius 2 is 1.82 bits per heavy atom. The van der Waals surface area contributed by atoms with Gasteiger partial charge in [0.15, 0.2) is 5.11 Å². The molecular formula is C22H25ClN6O2S2. The van der Waals surface area contributed by atoms with Gasteiger partial charge in [0.25, 0.3) is 0 Å². The third-order valence-electron chi connectivity index (χ3n) is 4.37. The van der Waals surface area contributed by atoms with Crippen LogP contribution in [0.1, 0.15) is 16.3 Å². The maximum absolute atomic E-state index is 6.19. The Labute approximate surface area is 207 Å². The van der Waals surface area contributed by atoms with Gasteiger partial charge in [-0.25, -0.2) is 9.97 Å². The number of nitrogens with zero attached hydrogens (tertiary/aromatic N) is 3. The topological polar surface area (TPSA) is 92.7 Å². The molecule has 0 aliphatic carbocycles. The average molecular weight is 505 g/mol. The number of benzene rings is 1. The summed E-state index contributed by atoms with van der Waals surface area (Å²) in [5, 5.41) is 12.1. The van der Waals surface area contributed by atoms with Crippen molar-refractivity contribution < 1.29 is 9.47 Å². The van der Waals surface area contributed by atoms with E-state index in [0.29, 0.717) is 45.8 Å². The number of ether oxygens (including phenoxy) is 2. The van der Waals surface area contributed by atoms with Gasteiger partial charge >= 0.3 is 0 Å². The summed E-state index contributed by atoms with van der Waals surface area (Å²) in [7, 11) is 3.09. The molecule has 0 amide bonds. The van der Waals surface area contributed by atoms with Crippen LogP contribution in [0.25, 0.3) is 0 Å². The highest BCUT2D eigenvalue weighted by molar-refractivity contribution is 7.80. The summed E-state index contributed by atoms with van der Waals surface area (Å²) in [6.45, 7) is 4.38. The summed E-state index contributed by atoms with van der Waals surface area (Å²) >= 11 is 13.4. The monoisotopic (exact) mass is 504 g/mol. The fourth-order valence-corrected chi connectivity index (χ4v) is 4.09. The summed E-state index contributed by atoms with van der Waals surface area (Å²) in [6, 6.07) is 9.38. The molecule has 1 aromatic carbocycles. The highest BCUT2D eigenvalue weighted by Crippen LogP contribution is 2.35. The number of anilines is 2. The van der Waals surface area contributed by atoms with Crippen LogP contribution >= 0.6 is 35.2 Å². The number of thiophene rings is 1. The molecule has 174 valence electrons. The number of aliphatic imine (C=N–C) groups is 1. The van der Waals surface area contributed by atoms with Gasteiger partial charge in [0.2, 0.25) is 11.9 Å². The highest BCUT2D eigenvalue weighted by Gasteiger charge is 2.13. The first kappa shape index (κ1) is 24.7. The predicted octanol–water partition coefficient (Wildman–Crippen LogP) is 4.82. The normalized spacial score (nSPS) is 11.1. The fourth-order valence-electron chi connectivity index (χ4n) is 2.95. The molecule has 11 heteroatoms. The van der Waals surface area contributed by atoms with Crippen molar-refractivity contribution >= 4 is 57.9 Å². The lowest BCUT2D eigenvalue weighted by Gasteiger charge is -2.17. The first-order valence-electron chi connectivity index (χ1n) is 10.0. The molecule has 2 heterocycles. The number of methoxy groups -OCH3 is 2. The number of rotatable bonds is 7. The molecule has 3 rings (SSSR count). The minimum atomic E-state index is 0.296. The smallest absolute Gasteiger partial charge is 0.229 e. The van der Waals surface area contributed by atoms with Gasteiger partial charge < -0.3 is 20.1 Å². The number of thiocarbonyl (C=S) groups is 1. The van der Waals surface area contributed by atoms with E-state index in [-0.39, 0.29) is 0 Å². The molecule has 0 bridgehead atoms. The summed E-state index contributed by atoms with van der Waals surface area (Å²) in [5.74, 6) is 1.87. The number of guanidine groups is 1. The van der Waals surface area contributed by atoms with Crippen molar-refractivity contribution in [3.05, 3.63) is 57.0 Å². The molecule has 3 N–H and O–H groups in total. The number of aromatic nitrogens is 2. The molecule has 8 nitrogen and oxygen atoms in total. The quantitative estimate of drug-likeness (QED) is 0.239. The molecule has 0 saturated heterocycles. The van der Waals surface area contributed by atoms with Crippen molar-refractivity contribution in [2.45, 2.75) is 20.3 Å². The van der Waals surface area contributed by atoms with Crippen LogP contribution in [0.3, 0.4) is 0 Å². The molecule has 0 spiro atoms. The molecule has 3 aromatic rings. The molecule has 0 radical (unpaired) electrons. The van der Waals surface area contributed by atoms with E-state index >= 15 is 0 Å². The van der Waals surface area contributed by atoms with E-state index in [1.54, 1.807) is 37.7 Å². The van der Waals surface area contributed by atoms with E-state index < -0.39 is 0 Å². The van der Waals surface area contributed by atoms with Crippen LogP contribution in [-0.2, 0) is 6.42 Å². The van der Waals surface area contributed by atoms with Crippen LogP contribution in [0.5, 0.6) is 11.5 Å². The number of nitrogens with one attached hydrogen (secondary N) is 3. The minimum absolute atomic E-state index is 0.296. The Bertz CT molecular complexity index is 1120. The second-order valence-electron chi connectivity index (χ2n) is 6.93. The van der Waals surface area contributed by atoms with Crippen molar-refractivity contribution in [2.75, 3.05) is 31.4 Å². The zero-order valence-corrected chi connectivity index (χ0v) is 21.1. The lowest BCUT2D eigenvalue weighted by Crippen LogP contribution is -2.39. The SMILES string of the molecule is COc1cc(NC(=S)NC(=NCCc2cccs2)Nc2nc(C)cc(C)n2)c(OC)cc1Cl. The summed E-state index contributed by atoms with van der Waals surface area (Å²) in [4.78, 5) is 14.7. The van der Waals surface area contributed by atoms with Crippen LogP contribution in [0.4, 0.5) is 11.6 Å². The maximum atomic E-state index is 6.19. The number of halogens is 1. The molecule has 0 aliphatic heterocycles.